The Bertz CT molecular complexity index is 624. The molecule has 2 aromatic rings. The lowest BCUT2D eigenvalue weighted by atomic mass is 10.2. The monoisotopic (exact) mass is 268 g/mol. The maximum Gasteiger partial charge on any atom is 0.145 e. The summed E-state index contributed by atoms with van der Waals surface area (Å²) in [6, 6.07) is 11.3. The SMILES string of the molecule is CCc1nc(NN)cc(N(C)c2ccccc2C#N)n1. The Morgan fingerprint density at radius 3 is 2.75 bits per heavy atom. The molecule has 0 fully saturated rings. The highest BCUT2D eigenvalue weighted by atomic mass is 15.3. The average Bonchev–Trinajstić information content (AvgIpc) is 2.53. The minimum Gasteiger partial charge on any atom is -0.328 e. The van der Waals surface area contributed by atoms with Crippen molar-refractivity contribution in [3.05, 3.63) is 41.7 Å². The minimum absolute atomic E-state index is 0.549. The first kappa shape index (κ1) is 13.8. The molecule has 2 rings (SSSR count). The van der Waals surface area contributed by atoms with E-state index in [-0.39, 0.29) is 0 Å². The van der Waals surface area contributed by atoms with Gasteiger partial charge in [0.05, 0.1) is 11.3 Å². The van der Waals surface area contributed by atoms with Crippen molar-refractivity contribution in [3.63, 3.8) is 0 Å². The third-order valence-corrected chi connectivity index (χ3v) is 2.95. The maximum atomic E-state index is 9.17. The van der Waals surface area contributed by atoms with Crippen LogP contribution in [0.5, 0.6) is 0 Å². The highest BCUT2D eigenvalue weighted by molar-refractivity contribution is 5.67. The molecule has 0 unspecified atom stereocenters. The van der Waals surface area contributed by atoms with Crippen molar-refractivity contribution in [2.75, 3.05) is 17.4 Å². The number of nitrogens with zero attached hydrogens (tertiary/aromatic N) is 4. The first-order chi connectivity index (χ1) is 9.69. The van der Waals surface area contributed by atoms with Gasteiger partial charge in [-0.3, -0.25) is 0 Å². The lowest BCUT2D eigenvalue weighted by Crippen LogP contribution is -2.16. The van der Waals surface area contributed by atoms with Crippen LogP contribution in [0.4, 0.5) is 17.3 Å². The van der Waals surface area contributed by atoms with Crippen LogP contribution in [0.2, 0.25) is 0 Å². The normalized spacial score (nSPS) is 9.90. The van der Waals surface area contributed by atoms with Gasteiger partial charge in [-0.15, -0.1) is 0 Å². The van der Waals surface area contributed by atoms with E-state index in [1.807, 2.05) is 37.1 Å². The Kier molecular flexibility index (Phi) is 4.13. The molecule has 1 heterocycles. The lowest BCUT2D eigenvalue weighted by molar-refractivity contribution is 0.924. The van der Waals surface area contributed by atoms with Crippen LogP contribution in [0.1, 0.15) is 18.3 Å². The smallest absolute Gasteiger partial charge is 0.145 e. The Balaban J connectivity index is 2.47. The van der Waals surface area contributed by atoms with E-state index in [0.29, 0.717) is 29.4 Å². The van der Waals surface area contributed by atoms with E-state index in [1.165, 1.54) is 0 Å². The quantitative estimate of drug-likeness (QED) is 0.650. The zero-order valence-electron chi connectivity index (χ0n) is 11.5. The molecule has 1 aromatic carbocycles. The van der Waals surface area contributed by atoms with Crippen molar-refractivity contribution < 1.29 is 0 Å². The summed E-state index contributed by atoms with van der Waals surface area (Å²) in [6.07, 6.45) is 0.705. The van der Waals surface area contributed by atoms with Gasteiger partial charge in [-0.1, -0.05) is 19.1 Å². The molecule has 102 valence electrons. The molecule has 0 aliphatic carbocycles. The predicted molar refractivity (Wildman–Crippen MR) is 78.4 cm³/mol. The molecule has 1 aromatic heterocycles. The van der Waals surface area contributed by atoms with Gasteiger partial charge in [0.2, 0.25) is 0 Å². The molecule has 0 bridgehead atoms. The molecule has 20 heavy (non-hydrogen) atoms. The molecule has 0 aliphatic heterocycles. The summed E-state index contributed by atoms with van der Waals surface area (Å²) in [7, 11) is 1.86. The number of nitrogens with one attached hydrogen (secondary N) is 1. The predicted octanol–water partition coefficient (Wildman–Crippen LogP) is 1.96. The van der Waals surface area contributed by atoms with Crippen molar-refractivity contribution in [1.29, 1.82) is 5.26 Å². The van der Waals surface area contributed by atoms with E-state index in [4.69, 9.17) is 5.84 Å². The largest absolute Gasteiger partial charge is 0.328 e. The number of hydrogen-bond donors (Lipinski definition) is 2. The summed E-state index contributed by atoms with van der Waals surface area (Å²) < 4.78 is 0. The molecule has 0 amide bonds. The van der Waals surface area contributed by atoms with Gasteiger partial charge in [-0.25, -0.2) is 15.8 Å². The third-order valence-electron chi connectivity index (χ3n) is 2.95. The molecule has 0 radical (unpaired) electrons. The molecule has 0 spiro atoms. The van der Waals surface area contributed by atoms with Crippen LogP contribution in [0.15, 0.2) is 30.3 Å². The number of hydrogen-bond acceptors (Lipinski definition) is 6. The van der Waals surface area contributed by atoms with E-state index in [0.717, 1.165) is 5.69 Å². The number of para-hydroxylation sites is 1. The molecule has 0 saturated carbocycles. The van der Waals surface area contributed by atoms with Crippen LogP contribution in [-0.4, -0.2) is 17.0 Å². The van der Waals surface area contributed by atoms with Gasteiger partial charge < -0.3 is 10.3 Å². The van der Waals surface area contributed by atoms with Gasteiger partial charge in [0.15, 0.2) is 0 Å². The first-order valence-electron chi connectivity index (χ1n) is 6.27. The van der Waals surface area contributed by atoms with Gasteiger partial charge in [0.1, 0.15) is 23.5 Å². The number of benzene rings is 1. The highest BCUT2D eigenvalue weighted by Crippen LogP contribution is 2.26. The number of aryl methyl sites for hydroxylation is 1. The Labute approximate surface area is 117 Å². The number of aromatic nitrogens is 2. The Hall–Kier alpha value is -2.65. The minimum atomic E-state index is 0.549. The summed E-state index contributed by atoms with van der Waals surface area (Å²) in [5.41, 5.74) is 3.92. The average molecular weight is 268 g/mol. The van der Waals surface area contributed by atoms with Gasteiger partial charge in [-0.05, 0) is 12.1 Å². The van der Waals surface area contributed by atoms with Crippen molar-refractivity contribution in [2.45, 2.75) is 13.3 Å². The van der Waals surface area contributed by atoms with Gasteiger partial charge >= 0.3 is 0 Å². The van der Waals surface area contributed by atoms with Crippen LogP contribution in [0, 0.1) is 11.3 Å². The molecule has 3 N–H and O–H groups in total. The standard InChI is InChI=1S/C14H16N6/c1-3-12-17-13(19-16)8-14(18-12)20(2)11-7-5-4-6-10(11)9-15/h4-8H,3,16H2,1-2H3,(H,17,18,19). The van der Waals surface area contributed by atoms with Crippen LogP contribution in [0.25, 0.3) is 0 Å². The number of nitrogens with two attached hydrogens (primary N) is 1. The van der Waals surface area contributed by atoms with E-state index in [2.05, 4.69) is 21.5 Å². The first-order valence-corrected chi connectivity index (χ1v) is 6.27. The second kappa shape index (κ2) is 5.99. The number of nitrogen functional groups attached to an aromatic ring is 1. The van der Waals surface area contributed by atoms with Crippen LogP contribution >= 0.6 is 0 Å². The molecule has 0 saturated heterocycles. The van der Waals surface area contributed by atoms with Crippen molar-refractivity contribution in [2.24, 2.45) is 5.84 Å². The molecular formula is C14H16N6. The van der Waals surface area contributed by atoms with Gasteiger partial charge in [-0.2, -0.15) is 5.26 Å². The highest BCUT2D eigenvalue weighted by Gasteiger charge is 2.12. The Morgan fingerprint density at radius 2 is 2.10 bits per heavy atom. The fraction of sp³-hybridized carbons (Fsp3) is 0.214. The fourth-order valence-electron chi connectivity index (χ4n) is 1.87. The van der Waals surface area contributed by atoms with Gasteiger partial charge in [0.25, 0.3) is 0 Å². The summed E-state index contributed by atoms with van der Waals surface area (Å²) in [6.45, 7) is 1.97. The van der Waals surface area contributed by atoms with Crippen LogP contribution < -0.4 is 16.2 Å². The third kappa shape index (κ3) is 2.68. The topological polar surface area (TPSA) is 90.9 Å². The number of rotatable bonds is 4. The summed E-state index contributed by atoms with van der Waals surface area (Å²) >= 11 is 0. The van der Waals surface area contributed by atoms with Crippen molar-refractivity contribution in [1.82, 2.24) is 9.97 Å². The lowest BCUT2D eigenvalue weighted by Gasteiger charge is -2.20. The summed E-state index contributed by atoms with van der Waals surface area (Å²) in [4.78, 5) is 10.6. The summed E-state index contributed by atoms with van der Waals surface area (Å²) in [5, 5.41) is 9.17. The number of nitriles is 1. The maximum absolute atomic E-state index is 9.17. The van der Waals surface area contributed by atoms with Crippen LogP contribution in [0.3, 0.4) is 0 Å². The second-order valence-corrected chi connectivity index (χ2v) is 4.21. The van der Waals surface area contributed by atoms with Crippen molar-refractivity contribution in [3.8, 4) is 6.07 Å². The molecule has 6 nitrogen and oxygen atoms in total. The van der Waals surface area contributed by atoms with E-state index in [1.54, 1.807) is 12.1 Å². The van der Waals surface area contributed by atoms with Gasteiger partial charge in [0, 0.05) is 19.5 Å². The molecule has 0 aliphatic rings. The van der Waals surface area contributed by atoms with E-state index in [9.17, 15) is 5.26 Å². The van der Waals surface area contributed by atoms with Crippen molar-refractivity contribution >= 4 is 17.3 Å². The fourth-order valence-corrected chi connectivity index (χ4v) is 1.87. The number of hydrazine groups is 1. The Morgan fingerprint density at radius 1 is 1.35 bits per heavy atom. The van der Waals surface area contributed by atoms with E-state index >= 15 is 0 Å². The van der Waals surface area contributed by atoms with E-state index < -0.39 is 0 Å². The molecular weight excluding hydrogens is 252 g/mol. The molecule has 0 atom stereocenters. The zero-order chi connectivity index (χ0) is 14.5. The zero-order valence-corrected chi connectivity index (χ0v) is 11.5. The molecule has 6 heteroatoms. The second-order valence-electron chi connectivity index (χ2n) is 4.21. The summed E-state index contributed by atoms with van der Waals surface area (Å²) in [5.74, 6) is 7.35. The van der Waals surface area contributed by atoms with Crippen LogP contribution in [-0.2, 0) is 6.42 Å². The number of anilines is 3.